The van der Waals surface area contributed by atoms with Gasteiger partial charge < -0.3 is 19.5 Å². The summed E-state index contributed by atoms with van der Waals surface area (Å²) >= 11 is 0. The quantitative estimate of drug-likeness (QED) is 0.870. The number of imidazole rings is 1. The predicted molar refractivity (Wildman–Crippen MR) is 102 cm³/mol. The Bertz CT molecular complexity index is 789. The minimum absolute atomic E-state index is 0. The fourth-order valence-electron chi connectivity index (χ4n) is 3.73. The molecular formula is C19H25ClN4O2. The van der Waals surface area contributed by atoms with Crippen LogP contribution in [0.3, 0.4) is 0 Å². The fourth-order valence-corrected chi connectivity index (χ4v) is 3.73. The Labute approximate surface area is 160 Å². The van der Waals surface area contributed by atoms with Crippen molar-refractivity contribution in [2.75, 3.05) is 19.6 Å². The molecular weight excluding hydrogens is 352 g/mol. The lowest BCUT2D eigenvalue weighted by molar-refractivity contribution is -0.141. The lowest BCUT2D eigenvalue weighted by atomic mass is 10.0. The normalized spacial score (nSPS) is 21.7. The first-order valence-electron chi connectivity index (χ1n) is 8.80. The van der Waals surface area contributed by atoms with E-state index >= 15 is 0 Å². The molecule has 140 valence electrons. The number of amides is 1. The molecule has 2 unspecified atom stereocenters. The fraction of sp³-hybridized carbons (Fsp3) is 0.474. The molecule has 26 heavy (non-hydrogen) atoms. The van der Waals surface area contributed by atoms with Crippen molar-refractivity contribution in [3.63, 3.8) is 0 Å². The number of carbonyl (C=O) groups excluding carboxylic acids is 1. The largest absolute Gasteiger partial charge is 0.480 e. The summed E-state index contributed by atoms with van der Waals surface area (Å²) in [6.07, 6.45) is 3.91. The van der Waals surface area contributed by atoms with E-state index in [0.717, 1.165) is 23.7 Å². The molecule has 0 bridgehead atoms. The van der Waals surface area contributed by atoms with Gasteiger partial charge in [0.1, 0.15) is 17.6 Å². The van der Waals surface area contributed by atoms with E-state index in [1.165, 1.54) is 11.1 Å². The maximum Gasteiger partial charge on any atom is 0.264 e. The number of nitrogens with one attached hydrogen (secondary N) is 1. The predicted octanol–water partition coefficient (Wildman–Crippen LogP) is 1.94. The molecule has 1 aromatic carbocycles. The molecule has 1 aromatic heterocycles. The second kappa shape index (κ2) is 7.29. The summed E-state index contributed by atoms with van der Waals surface area (Å²) < 4.78 is 8.00. The third-order valence-corrected chi connectivity index (χ3v) is 5.31. The second-order valence-corrected chi connectivity index (χ2v) is 7.00. The Hall–Kier alpha value is -2.05. The zero-order valence-corrected chi connectivity index (χ0v) is 16.2. The first kappa shape index (κ1) is 18.7. The topological polar surface area (TPSA) is 59.4 Å². The van der Waals surface area contributed by atoms with Crippen molar-refractivity contribution in [2.45, 2.75) is 32.4 Å². The number of aryl methyl sites for hydroxylation is 3. The second-order valence-electron chi connectivity index (χ2n) is 7.00. The van der Waals surface area contributed by atoms with Crippen LogP contribution in [0.5, 0.6) is 5.75 Å². The number of nitrogens with zero attached hydrogens (tertiary/aromatic N) is 3. The minimum atomic E-state index is -0.433. The van der Waals surface area contributed by atoms with Crippen LogP contribution >= 0.6 is 12.4 Å². The Morgan fingerprint density at radius 1 is 1.31 bits per heavy atom. The summed E-state index contributed by atoms with van der Waals surface area (Å²) in [7, 11) is 1.97. The highest BCUT2D eigenvalue weighted by Gasteiger charge is 2.38. The first-order valence-corrected chi connectivity index (χ1v) is 8.80. The van der Waals surface area contributed by atoms with Gasteiger partial charge in [-0.2, -0.15) is 0 Å². The molecule has 4 rings (SSSR count). The zero-order valence-electron chi connectivity index (χ0n) is 15.4. The molecule has 0 radical (unpaired) electrons. The number of halogens is 1. The van der Waals surface area contributed by atoms with Crippen LogP contribution in [0.2, 0.25) is 0 Å². The van der Waals surface area contributed by atoms with Crippen molar-refractivity contribution in [1.29, 1.82) is 0 Å². The Morgan fingerprint density at radius 2 is 2.08 bits per heavy atom. The van der Waals surface area contributed by atoms with Crippen molar-refractivity contribution in [3.05, 3.63) is 47.0 Å². The molecule has 0 aliphatic carbocycles. The Balaban J connectivity index is 0.00000196. The number of piperazine rings is 1. The lowest BCUT2D eigenvalue weighted by Gasteiger charge is -2.36. The molecule has 0 spiro atoms. The standard InChI is InChI=1S/C19H24N4O2.ClH/c1-12-8-14-10-17(25-16(14)9-13(12)2)19(24)23-7-4-20-11-15(23)18-21-5-6-22(18)3;/h5-6,8-9,15,17,20H,4,7,10-11H2,1-3H3;1H. The van der Waals surface area contributed by atoms with Crippen LogP contribution < -0.4 is 10.1 Å². The van der Waals surface area contributed by atoms with Crippen LogP contribution in [0.4, 0.5) is 0 Å². The van der Waals surface area contributed by atoms with E-state index in [4.69, 9.17) is 4.74 Å². The van der Waals surface area contributed by atoms with Gasteiger partial charge in [0.05, 0.1) is 0 Å². The monoisotopic (exact) mass is 376 g/mol. The van der Waals surface area contributed by atoms with Crippen LogP contribution in [-0.4, -0.2) is 46.1 Å². The molecule has 2 aromatic rings. The third kappa shape index (κ3) is 3.19. The van der Waals surface area contributed by atoms with E-state index < -0.39 is 6.10 Å². The van der Waals surface area contributed by atoms with Crippen LogP contribution in [-0.2, 0) is 18.3 Å². The van der Waals surface area contributed by atoms with Gasteiger partial charge >= 0.3 is 0 Å². The average molecular weight is 377 g/mol. The number of benzene rings is 1. The van der Waals surface area contributed by atoms with Gasteiger partial charge in [0.2, 0.25) is 0 Å². The van der Waals surface area contributed by atoms with Crippen molar-refractivity contribution < 1.29 is 9.53 Å². The highest BCUT2D eigenvalue weighted by Crippen LogP contribution is 2.33. The van der Waals surface area contributed by atoms with Crippen molar-refractivity contribution in [1.82, 2.24) is 19.8 Å². The SMILES string of the molecule is Cc1cc2c(cc1C)OC(C(=O)N1CCNCC1c1nccn1C)C2.Cl. The molecule has 1 fully saturated rings. The number of aromatic nitrogens is 2. The minimum Gasteiger partial charge on any atom is -0.480 e. The van der Waals surface area contributed by atoms with Crippen molar-refractivity contribution in [3.8, 4) is 5.75 Å². The van der Waals surface area contributed by atoms with Gasteiger partial charge in [-0.25, -0.2) is 4.98 Å². The van der Waals surface area contributed by atoms with E-state index in [1.54, 1.807) is 6.20 Å². The molecule has 3 heterocycles. The molecule has 2 atom stereocenters. The van der Waals surface area contributed by atoms with Gasteiger partial charge in [-0.05, 0) is 36.6 Å². The van der Waals surface area contributed by atoms with Crippen LogP contribution in [0.15, 0.2) is 24.5 Å². The number of ether oxygens (including phenoxy) is 1. The van der Waals surface area contributed by atoms with Gasteiger partial charge in [0.15, 0.2) is 6.10 Å². The van der Waals surface area contributed by atoms with E-state index in [2.05, 4.69) is 30.2 Å². The molecule has 0 saturated carbocycles. The highest BCUT2D eigenvalue weighted by molar-refractivity contribution is 5.85. The Morgan fingerprint density at radius 3 is 2.81 bits per heavy atom. The van der Waals surface area contributed by atoms with E-state index in [9.17, 15) is 4.79 Å². The van der Waals surface area contributed by atoms with Crippen molar-refractivity contribution in [2.24, 2.45) is 7.05 Å². The maximum absolute atomic E-state index is 13.2. The van der Waals surface area contributed by atoms with Crippen molar-refractivity contribution >= 4 is 18.3 Å². The summed E-state index contributed by atoms with van der Waals surface area (Å²) in [6, 6.07) is 4.13. The zero-order chi connectivity index (χ0) is 17.6. The van der Waals surface area contributed by atoms with Crippen LogP contribution in [0.25, 0.3) is 0 Å². The number of carbonyl (C=O) groups is 1. The molecule has 2 aliphatic rings. The molecule has 1 amide bonds. The number of rotatable bonds is 2. The van der Waals surface area contributed by atoms with Crippen LogP contribution in [0, 0.1) is 13.8 Å². The molecule has 2 aliphatic heterocycles. The van der Waals surface area contributed by atoms with E-state index in [0.29, 0.717) is 19.5 Å². The first-order chi connectivity index (χ1) is 12.0. The third-order valence-electron chi connectivity index (χ3n) is 5.31. The molecule has 1 N–H and O–H groups in total. The summed E-state index contributed by atoms with van der Waals surface area (Å²) in [5, 5.41) is 3.37. The van der Waals surface area contributed by atoms with Gasteiger partial charge in [-0.3, -0.25) is 4.79 Å². The molecule has 7 heteroatoms. The summed E-state index contributed by atoms with van der Waals surface area (Å²) in [6.45, 7) is 6.35. The van der Waals surface area contributed by atoms with E-state index in [1.807, 2.05) is 28.8 Å². The van der Waals surface area contributed by atoms with Gasteiger partial charge in [-0.15, -0.1) is 12.4 Å². The average Bonchev–Trinajstić information content (AvgIpc) is 3.20. The van der Waals surface area contributed by atoms with Gasteiger partial charge in [0, 0.05) is 45.5 Å². The number of fused-ring (bicyclic) bond motifs is 1. The molecule has 6 nitrogen and oxygen atoms in total. The summed E-state index contributed by atoms with van der Waals surface area (Å²) in [5.74, 6) is 1.81. The summed E-state index contributed by atoms with van der Waals surface area (Å²) in [4.78, 5) is 19.6. The smallest absolute Gasteiger partial charge is 0.264 e. The van der Waals surface area contributed by atoms with Gasteiger partial charge in [-0.1, -0.05) is 6.07 Å². The highest BCUT2D eigenvalue weighted by atomic mass is 35.5. The lowest BCUT2D eigenvalue weighted by Crippen LogP contribution is -2.53. The maximum atomic E-state index is 13.2. The number of hydrogen-bond acceptors (Lipinski definition) is 4. The summed E-state index contributed by atoms with van der Waals surface area (Å²) in [5.41, 5.74) is 3.56. The number of hydrogen-bond donors (Lipinski definition) is 1. The van der Waals surface area contributed by atoms with Gasteiger partial charge in [0.25, 0.3) is 5.91 Å². The van der Waals surface area contributed by atoms with Crippen LogP contribution in [0.1, 0.15) is 28.6 Å². The Kier molecular flexibility index (Phi) is 5.25. The van der Waals surface area contributed by atoms with E-state index in [-0.39, 0.29) is 24.4 Å². The molecule has 1 saturated heterocycles.